The quantitative estimate of drug-likeness (QED) is 0.783. The SMILES string of the molecule is COCCNc1ccc2ncsc2c1. The fourth-order valence-electron chi connectivity index (χ4n) is 1.26. The van der Waals surface area contributed by atoms with Crippen molar-refractivity contribution in [3.8, 4) is 0 Å². The van der Waals surface area contributed by atoms with Gasteiger partial charge in [-0.05, 0) is 18.2 Å². The molecule has 2 rings (SSSR count). The predicted octanol–water partition coefficient (Wildman–Crippen LogP) is 2.35. The molecule has 0 spiro atoms. The molecular formula is C10H12N2OS. The second-order valence-electron chi connectivity index (χ2n) is 2.95. The Balaban J connectivity index is 2.10. The molecule has 0 fully saturated rings. The van der Waals surface area contributed by atoms with E-state index in [1.807, 2.05) is 17.6 Å². The number of hydrogen-bond donors (Lipinski definition) is 1. The summed E-state index contributed by atoms with van der Waals surface area (Å²) in [5.41, 5.74) is 4.05. The van der Waals surface area contributed by atoms with E-state index in [9.17, 15) is 0 Å². The number of rotatable bonds is 4. The summed E-state index contributed by atoms with van der Waals surface area (Å²) in [6.07, 6.45) is 0. The van der Waals surface area contributed by atoms with E-state index in [-0.39, 0.29) is 0 Å². The Kier molecular flexibility index (Phi) is 2.96. The average molecular weight is 208 g/mol. The number of thiazole rings is 1. The molecule has 0 bridgehead atoms. The number of benzene rings is 1. The molecule has 0 saturated heterocycles. The number of anilines is 1. The number of nitrogens with one attached hydrogen (secondary N) is 1. The van der Waals surface area contributed by atoms with Crippen LogP contribution in [0.25, 0.3) is 10.2 Å². The topological polar surface area (TPSA) is 34.1 Å². The first-order chi connectivity index (χ1) is 6.90. The van der Waals surface area contributed by atoms with Crippen molar-refractivity contribution >= 4 is 27.2 Å². The van der Waals surface area contributed by atoms with Crippen LogP contribution in [0.5, 0.6) is 0 Å². The molecule has 1 N–H and O–H groups in total. The molecule has 0 atom stereocenters. The van der Waals surface area contributed by atoms with Gasteiger partial charge in [-0.15, -0.1) is 11.3 Å². The molecule has 0 aliphatic rings. The molecule has 0 unspecified atom stereocenters. The number of hydrogen-bond acceptors (Lipinski definition) is 4. The fourth-order valence-corrected chi connectivity index (χ4v) is 1.98. The highest BCUT2D eigenvalue weighted by Gasteiger charge is 1.97. The second-order valence-corrected chi connectivity index (χ2v) is 3.84. The van der Waals surface area contributed by atoms with Gasteiger partial charge in [-0.2, -0.15) is 0 Å². The van der Waals surface area contributed by atoms with Crippen LogP contribution >= 0.6 is 11.3 Å². The maximum atomic E-state index is 4.96. The maximum absolute atomic E-state index is 4.96. The van der Waals surface area contributed by atoms with Gasteiger partial charge in [0, 0.05) is 19.3 Å². The third-order valence-electron chi connectivity index (χ3n) is 1.97. The second kappa shape index (κ2) is 4.39. The smallest absolute Gasteiger partial charge is 0.0813 e. The highest BCUT2D eigenvalue weighted by Crippen LogP contribution is 2.21. The molecule has 2 aromatic rings. The number of methoxy groups -OCH3 is 1. The van der Waals surface area contributed by atoms with Gasteiger partial charge in [-0.3, -0.25) is 0 Å². The maximum Gasteiger partial charge on any atom is 0.0813 e. The van der Waals surface area contributed by atoms with E-state index in [1.54, 1.807) is 18.4 Å². The van der Waals surface area contributed by atoms with Crippen LogP contribution in [0.2, 0.25) is 0 Å². The van der Waals surface area contributed by atoms with Crippen LogP contribution in [0.1, 0.15) is 0 Å². The molecule has 3 nitrogen and oxygen atoms in total. The Bertz CT molecular complexity index is 413. The molecule has 0 saturated carbocycles. The summed E-state index contributed by atoms with van der Waals surface area (Å²) in [4.78, 5) is 4.22. The van der Waals surface area contributed by atoms with E-state index in [2.05, 4.69) is 16.4 Å². The summed E-state index contributed by atoms with van der Waals surface area (Å²) in [6.45, 7) is 1.56. The van der Waals surface area contributed by atoms with Crippen molar-refractivity contribution in [2.75, 3.05) is 25.6 Å². The zero-order valence-electron chi connectivity index (χ0n) is 7.99. The Hall–Kier alpha value is -1.13. The fraction of sp³-hybridized carbons (Fsp3) is 0.300. The van der Waals surface area contributed by atoms with Gasteiger partial charge in [0.15, 0.2) is 0 Å². The van der Waals surface area contributed by atoms with Crippen molar-refractivity contribution in [1.82, 2.24) is 4.98 Å². The molecule has 74 valence electrons. The first kappa shape index (κ1) is 9.43. The van der Waals surface area contributed by atoms with Crippen molar-refractivity contribution < 1.29 is 4.74 Å². The molecule has 1 aromatic carbocycles. The molecule has 1 aromatic heterocycles. The van der Waals surface area contributed by atoms with Crippen molar-refractivity contribution in [2.45, 2.75) is 0 Å². The van der Waals surface area contributed by atoms with Crippen molar-refractivity contribution in [2.24, 2.45) is 0 Å². The molecule has 0 amide bonds. The minimum Gasteiger partial charge on any atom is -0.383 e. The molecule has 0 aliphatic carbocycles. The van der Waals surface area contributed by atoms with Crippen LogP contribution in [0.4, 0.5) is 5.69 Å². The first-order valence-corrected chi connectivity index (χ1v) is 5.34. The predicted molar refractivity (Wildman–Crippen MR) is 60.0 cm³/mol. The van der Waals surface area contributed by atoms with Crippen LogP contribution in [-0.4, -0.2) is 25.2 Å². The van der Waals surface area contributed by atoms with Crippen LogP contribution in [0.15, 0.2) is 23.7 Å². The summed E-state index contributed by atoms with van der Waals surface area (Å²) in [5, 5.41) is 3.28. The lowest BCUT2D eigenvalue weighted by Crippen LogP contribution is -2.07. The lowest BCUT2D eigenvalue weighted by Gasteiger charge is -2.04. The third-order valence-corrected chi connectivity index (χ3v) is 2.76. The monoisotopic (exact) mass is 208 g/mol. The molecule has 14 heavy (non-hydrogen) atoms. The van der Waals surface area contributed by atoms with Crippen LogP contribution in [0, 0.1) is 0 Å². The van der Waals surface area contributed by atoms with Gasteiger partial charge < -0.3 is 10.1 Å². The van der Waals surface area contributed by atoms with E-state index in [1.165, 1.54) is 4.70 Å². The lowest BCUT2D eigenvalue weighted by molar-refractivity contribution is 0.211. The average Bonchev–Trinajstić information content (AvgIpc) is 2.65. The van der Waals surface area contributed by atoms with Gasteiger partial charge in [-0.25, -0.2) is 4.98 Å². The Morgan fingerprint density at radius 1 is 1.50 bits per heavy atom. The highest BCUT2D eigenvalue weighted by molar-refractivity contribution is 7.16. The normalized spacial score (nSPS) is 10.6. The number of ether oxygens (including phenoxy) is 1. The zero-order chi connectivity index (χ0) is 9.80. The summed E-state index contributed by atoms with van der Waals surface area (Å²) >= 11 is 1.66. The van der Waals surface area contributed by atoms with Gasteiger partial charge in [0.2, 0.25) is 0 Å². The summed E-state index contributed by atoms with van der Waals surface area (Å²) in [6, 6.07) is 6.18. The van der Waals surface area contributed by atoms with Crippen LogP contribution in [-0.2, 0) is 4.74 Å². The minimum atomic E-state index is 0.723. The molecule has 1 heterocycles. The molecule has 0 aliphatic heterocycles. The van der Waals surface area contributed by atoms with Gasteiger partial charge >= 0.3 is 0 Å². The Morgan fingerprint density at radius 3 is 3.29 bits per heavy atom. The number of fused-ring (bicyclic) bond motifs is 1. The first-order valence-electron chi connectivity index (χ1n) is 4.46. The van der Waals surface area contributed by atoms with Gasteiger partial charge in [0.1, 0.15) is 0 Å². The summed E-state index contributed by atoms with van der Waals surface area (Å²) in [7, 11) is 1.70. The largest absolute Gasteiger partial charge is 0.383 e. The summed E-state index contributed by atoms with van der Waals surface area (Å²) < 4.78 is 6.18. The van der Waals surface area contributed by atoms with Crippen LogP contribution < -0.4 is 5.32 Å². The van der Waals surface area contributed by atoms with Crippen molar-refractivity contribution in [3.63, 3.8) is 0 Å². The Morgan fingerprint density at radius 2 is 2.43 bits per heavy atom. The van der Waals surface area contributed by atoms with Gasteiger partial charge in [-0.1, -0.05) is 0 Å². The third kappa shape index (κ3) is 2.02. The van der Waals surface area contributed by atoms with E-state index >= 15 is 0 Å². The standard InChI is InChI=1S/C10H12N2OS/c1-13-5-4-11-8-2-3-9-10(6-8)14-7-12-9/h2-3,6-7,11H,4-5H2,1H3. The molecular weight excluding hydrogens is 196 g/mol. The van der Waals surface area contributed by atoms with Gasteiger partial charge in [0.25, 0.3) is 0 Å². The zero-order valence-corrected chi connectivity index (χ0v) is 8.80. The van der Waals surface area contributed by atoms with E-state index < -0.39 is 0 Å². The highest BCUT2D eigenvalue weighted by atomic mass is 32.1. The van der Waals surface area contributed by atoms with Crippen molar-refractivity contribution in [1.29, 1.82) is 0 Å². The van der Waals surface area contributed by atoms with Gasteiger partial charge in [0.05, 0.1) is 22.3 Å². The minimum absolute atomic E-state index is 0.723. The molecule has 4 heteroatoms. The molecule has 0 radical (unpaired) electrons. The Labute approximate surface area is 86.7 Å². The van der Waals surface area contributed by atoms with E-state index in [4.69, 9.17) is 4.74 Å². The van der Waals surface area contributed by atoms with E-state index in [0.29, 0.717) is 0 Å². The lowest BCUT2D eigenvalue weighted by atomic mass is 10.3. The van der Waals surface area contributed by atoms with Crippen LogP contribution in [0.3, 0.4) is 0 Å². The van der Waals surface area contributed by atoms with Crippen molar-refractivity contribution in [3.05, 3.63) is 23.7 Å². The summed E-state index contributed by atoms with van der Waals surface area (Å²) in [5.74, 6) is 0. The number of aromatic nitrogens is 1. The number of nitrogens with zero attached hydrogens (tertiary/aromatic N) is 1. The van der Waals surface area contributed by atoms with E-state index in [0.717, 1.165) is 24.4 Å².